The molecule has 0 aliphatic carbocycles. The molecule has 0 unspecified atom stereocenters. The van der Waals surface area contributed by atoms with E-state index in [1.807, 2.05) is 32.0 Å². The highest BCUT2D eigenvalue weighted by Gasteiger charge is 2.16. The Kier molecular flexibility index (Phi) is 5.47. The normalized spacial score (nSPS) is 13.6. The average molecular weight is 275 g/mol. The van der Waals surface area contributed by atoms with E-state index in [0.29, 0.717) is 5.02 Å². The minimum Gasteiger partial charge on any atom is -0.229 e. The third-order valence-corrected chi connectivity index (χ3v) is 4.88. The summed E-state index contributed by atoms with van der Waals surface area (Å²) in [6, 6.07) is 7.41. The molecule has 1 atom stereocenters. The highest BCUT2D eigenvalue weighted by atomic mass is 35.5. The van der Waals surface area contributed by atoms with Gasteiger partial charge in [0.05, 0.1) is 11.5 Å². The summed E-state index contributed by atoms with van der Waals surface area (Å²) in [5, 5.41) is 0.653. The molecule has 1 rings (SSSR count). The largest absolute Gasteiger partial charge is 0.229 e. The van der Waals surface area contributed by atoms with Crippen molar-refractivity contribution in [2.75, 3.05) is 11.5 Å². The fraction of sp³-hybridized carbons (Fsp3) is 0.538. The maximum absolute atomic E-state index is 11.8. The molecular formula is C13H19ClO2S. The van der Waals surface area contributed by atoms with Crippen LogP contribution in [0.2, 0.25) is 5.02 Å². The van der Waals surface area contributed by atoms with Crippen LogP contribution in [0.4, 0.5) is 0 Å². The SMILES string of the molecule is CCCCS(=O)(=O)C[C@H](C)c1cccc(Cl)c1. The van der Waals surface area contributed by atoms with Crippen molar-refractivity contribution in [1.82, 2.24) is 0 Å². The van der Waals surface area contributed by atoms with Gasteiger partial charge in [0.2, 0.25) is 0 Å². The van der Waals surface area contributed by atoms with E-state index in [2.05, 4.69) is 0 Å². The van der Waals surface area contributed by atoms with E-state index in [0.717, 1.165) is 18.4 Å². The van der Waals surface area contributed by atoms with E-state index in [9.17, 15) is 8.42 Å². The van der Waals surface area contributed by atoms with E-state index in [1.54, 1.807) is 6.07 Å². The van der Waals surface area contributed by atoms with E-state index in [4.69, 9.17) is 11.6 Å². The number of halogens is 1. The highest BCUT2D eigenvalue weighted by Crippen LogP contribution is 2.21. The summed E-state index contributed by atoms with van der Waals surface area (Å²) in [6.45, 7) is 3.92. The monoisotopic (exact) mass is 274 g/mol. The van der Waals surface area contributed by atoms with Crippen molar-refractivity contribution in [3.8, 4) is 0 Å². The highest BCUT2D eigenvalue weighted by molar-refractivity contribution is 7.91. The first kappa shape index (κ1) is 14.5. The molecule has 17 heavy (non-hydrogen) atoms. The van der Waals surface area contributed by atoms with Gasteiger partial charge in [0, 0.05) is 5.02 Å². The predicted octanol–water partition coefficient (Wildman–Crippen LogP) is 3.66. The average Bonchev–Trinajstić information content (AvgIpc) is 2.26. The molecule has 0 saturated carbocycles. The van der Waals surface area contributed by atoms with Gasteiger partial charge in [0.25, 0.3) is 0 Å². The molecule has 0 aromatic heterocycles. The van der Waals surface area contributed by atoms with Crippen LogP contribution in [-0.4, -0.2) is 19.9 Å². The van der Waals surface area contributed by atoms with Crippen molar-refractivity contribution in [1.29, 1.82) is 0 Å². The van der Waals surface area contributed by atoms with E-state index in [-0.39, 0.29) is 17.4 Å². The predicted molar refractivity (Wildman–Crippen MR) is 73.4 cm³/mol. The second-order valence-electron chi connectivity index (χ2n) is 4.42. The van der Waals surface area contributed by atoms with Gasteiger partial charge in [-0.25, -0.2) is 8.42 Å². The molecule has 0 N–H and O–H groups in total. The summed E-state index contributed by atoms with van der Waals surface area (Å²) in [5.74, 6) is 0.484. The third kappa shape index (κ3) is 5.09. The molecule has 0 fully saturated rings. The number of hydrogen-bond donors (Lipinski definition) is 0. The van der Waals surface area contributed by atoms with Crippen LogP contribution >= 0.6 is 11.6 Å². The van der Waals surface area contributed by atoms with Gasteiger partial charge in [-0.15, -0.1) is 0 Å². The quantitative estimate of drug-likeness (QED) is 0.793. The van der Waals surface area contributed by atoms with Crippen LogP contribution in [0.3, 0.4) is 0 Å². The van der Waals surface area contributed by atoms with Crippen molar-refractivity contribution in [2.24, 2.45) is 0 Å². The smallest absolute Gasteiger partial charge is 0.150 e. The van der Waals surface area contributed by atoms with Gasteiger partial charge < -0.3 is 0 Å². The molecule has 2 nitrogen and oxygen atoms in total. The van der Waals surface area contributed by atoms with E-state index in [1.165, 1.54) is 0 Å². The number of rotatable bonds is 6. The van der Waals surface area contributed by atoms with Crippen LogP contribution in [0, 0.1) is 0 Å². The lowest BCUT2D eigenvalue weighted by Gasteiger charge is -2.12. The van der Waals surface area contributed by atoms with Gasteiger partial charge in [-0.2, -0.15) is 0 Å². The molecule has 0 radical (unpaired) electrons. The number of hydrogen-bond acceptors (Lipinski definition) is 2. The topological polar surface area (TPSA) is 34.1 Å². The molecular weight excluding hydrogens is 256 g/mol. The first-order chi connectivity index (χ1) is 7.94. The van der Waals surface area contributed by atoms with Crippen LogP contribution in [0.25, 0.3) is 0 Å². The van der Waals surface area contributed by atoms with Crippen molar-refractivity contribution in [2.45, 2.75) is 32.6 Å². The Morgan fingerprint density at radius 1 is 1.35 bits per heavy atom. The number of sulfone groups is 1. The van der Waals surface area contributed by atoms with E-state index >= 15 is 0 Å². The second-order valence-corrected chi connectivity index (χ2v) is 7.09. The zero-order chi connectivity index (χ0) is 12.9. The van der Waals surface area contributed by atoms with Crippen molar-refractivity contribution >= 4 is 21.4 Å². The molecule has 0 saturated heterocycles. The summed E-state index contributed by atoms with van der Waals surface area (Å²) in [5.41, 5.74) is 0.984. The fourth-order valence-electron chi connectivity index (χ4n) is 1.74. The van der Waals surface area contributed by atoms with Crippen LogP contribution in [0.1, 0.15) is 38.2 Å². The molecule has 0 bridgehead atoms. The van der Waals surface area contributed by atoms with Crippen LogP contribution in [0.15, 0.2) is 24.3 Å². The van der Waals surface area contributed by atoms with Gasteiger partial charge in [0.1, 0.15) is 0 Å². The summed E-state index contributed by atoms with van der Waals surface area (Å²) < 4.78 is 23.7. The Bertz CT molecular complexity index is 454. The number of unbranched alkanes of at least 4 members (excludes halogenated alkanes) is 1. The van der Waals surface area contributed by atoms with Crippen molar-refractivity contribution < 1.29 is 8.42 Å². The lowest BCUT2D eigenvalue weighted by molar-refractivity contribution is 0.587. The first-order valence-corrected chi connectivity index (χ1v) is 8.10. The third-order valence-electron chi connectivity index (χ3n) is 2.73. The van der Waals surface area contributed by atoms with Crippen LogP contribution in [-0.2, 0) is 9.84 Å². The van der Waals surface area contributed by atoms with Gasteiger partial charge in [-0.3, -0.25) is 0 Å². The molecule has 4 heteroatoms. The van der Waals surface area contributed by atoms with Crippen molar-refractivity contribution in [3.05, 3.63) is 34.9 Å². The standard InChI is InChI=1S/C13H19ClO2S/c1-3-4-8-17(15,16)10-11(2)12-6-5-7-13(14)9-12/h5-7,9,11H,3-4,8,10H2,1-2H3/t11-/m0/s1. The van der Waals surface area contributed by atoms with Gasteiger partial charge in [-0.1, -0.05) is 44.0 Å². The zero-order valence-electron chi connectivity index (χ0n) is 10.3. The molecule has 0 aliphatic heterocycles. The fourth-order valence-corrected chi connectivity index (χ4v) is 3.79. The molecule has 96 valence electrons. The Labute approximate surface area is 109 Å². The Morgan fingerprint density at radius 3 is 2.65 bits per heavy atom. The molecule has 0 amide bonds. The molecule has 0 heterocycles. The molecule has 0 spiro atoms. The maximum Gasteiger partial charge on any atom is 0.150 e. The summed E-state index contributed by atoms with van der Waals surface area (Å²) in [6.07, 6.45) is 1.65. The summed E-state index contributed by atoms with van der Waals surface area (Å²) >= 11 is 5.89. The second kappa shape index (κ2) is 6.41. The van der Waals surface area contributed by atoms with Gasteiger partial charge in [0.15, 0.2) is 9.84 Å². The van der Waals surface area contributed by atoms with Crippen molar-refractivity contribution in [3.63, 3.8) is 0 Å². The molecule has 0 aliphatic rings. The van der Waals surface area contributed by atoms with Gasteiger partial charge >= 0.3 is 0 Å². The minimum absolute atomic E-state index is 0.00411. The Morgan fingerprint density at radius 2 is 2.06 bits per heavy atom. The lowest BCUT2D eigenvalue weighted by Crippen LogP contribution is -2.16. The van der Waals surface area contributed by atoms with E-state index < -0.39 is 9.84 Å². The molecule has 1 aromatic carbocycles. The minimum atomic E-state index is -2.95. The summed E-state index contributed by atoms with van der Waals surface area (Å²) in [4.78, 5) is 0. The zero-order valence-corrected chi connectivity index (χ0v) is 11.9. The lowest BCUT2D eigenvalue weighted by atomic mass is 10.0. The van der Waals surface area contributed by atoms with Gasteiger partial charge in [-0.05, 0) is 30.0 Å². The Hall–Kier alpha value is -0.540. The molecule has 1 aromatic rings. The Balaban J connectivity index is 2.69. The number of benzene rings is 1. The maximum atomic E-state index is 11.8. The first-order valence-electron chi connectivity index (χ1n) is 5.90. The van der Waals surface area contributed by atoms with Crippen LogP contribution in [0.5, 0.6) is 0 Å². The summed E-state index contributed by atoms with van der Waals surface area (Å²) in [7, 11) is -2.95. The van der Waals surface area contributed by atoms with Crippen LogP contribution < -0.4 is 0 Å².